The fourth-order valence-electron chi connectivity index (χ4n) is 2.61. The van der Waals surface area contributed by atoms with Gasteiger partial charge in [0.05, 0.1) is 12.2 Å². The zero-order valence-corrected chi connectivity index (χ0v) is 11.0. The lowest BCUT2D eigenvalue weighted by atomic mass is 9.97. The summed E-state index contributed by atoms with van der Waals surface area (Å²) in [6.07, 6.45) is -2.72. The Kier molecular flexibility index (Phi) is 4.55. The first-order valence-corrected chi connectivity index (χ1v) is 6.62. The molecule has 2 rings (SSSR count). The first-order chi connectivity index (χ1) is 9.45. The van der Waals surface area contributed by atoms with Gasteiger partial charge in [-0.05, 0) is 36.5 Å². The van der Waals surface area contributed by atoms with Gasteiger partial charge < -0.3 is 15.1 Å². The van der Waals surface area contributed by atoms with Crippen molar-refractivity contribution in [2.45, 2.75) is 25.6 Å². The number of anilines is 1. The fraction of sp³-hybridized carbons (Fsp3) is 0.571. The molecule has 20 heavy (non-hydrogen) atoms. The van der Waals surface area contributed by atoms with Crippen molar-refractivity contribution in [3.05, 3.63) is 29.3 Å². The molecule has 1 aromatic rings. The van der Waals surface area contributed by atoms with Gasteiger partial charge in [-0.25, -0.2) is 0 Å². The SMILES string of the molecule is OCc1ccc(N2CCCC(CO)C2)cc1C(F)(F)F. The van der Waals surface area contributed by atoms with Crippen LogP contribution >= 0.6 is 0 Å². The molecule has 1 aliphatic heterocycles. The minimum atomic E-state index is -4.47. The van der Waals surface area contributed by atoms with Gasteiger partial charge in [0.25, 0.3) is 0 Å². The Morgan fingerprint density at radius 1 is 1.25 bits per heavy atom. The van der Waals surface area contributed by atoms with Crippen molar-refractivity contribution < 1.29 is 23.4 Å². The fourth-order valence-corrected chi connectivity index (χ4v) is 2.61. The Hall–Kier alpha value is -1.27. The van der Waals surface area contributed by atoms with E-state index in [0.29, 0.717) is 18.8 Å². The van der Waals surface area contributed by atoms with E-state index in [2.05, 4.69) is 0 Å². The molecule has 112 valence electrons. The summed E-state index contributed by atoms with van der Waals surface area (Å²) in [5.41, 5.74) is -0.409. The number of nitrogens with zero attached hydrogens (tertiary/aromatic N) is 1. The molecule has 1 fully saturated rings. The van der Waals surface area contributed by atoms with Crippen LogP contribution in [0.3, 0.4) is 0 Å². The second-order valence-corrected chi connectivity index (χ2v) is 5.13. The van der Waals surface area contributed by atoms with E-state index in [1.807, 2.05) is 4.90 Å². The number of aliphatic hydroxyl groups excluding tert-OH is 2. The first-order valence-electron chi connectivity index (χ1n) is 6.62. The quantitative estimate of drug-likeness (QED) is 0.898. The molecule has 1 saturated heterocycles. The molecule has 0 radical (unpaired) electrons. The van der Waals surface area contributed by atoms with E-state index >= 15 is 0 Å². The Balaban J connectivity index is 2.29. The molecule has 1 atom stereocenters. The van der Waals surface area contributed by atoms with E-state index in [4.69, 9.17) is 5.11 Å². The first kappa shape index (κ1) is 15.1. The predicted octanol–water partition coefficient (Wildman–Crippen LogP) is 2.41. The zero-order chi connectivity index (χ0) is 14.8. The average Bonchev–Trinajstić information content (AvgIpc) is 2.45. The molecule has 1 unspecified atom stereocenters. The second-order valence-electron chi connectivity index (χ2n) is 5.13. The van der Waals surface area contributed by atoms with Crippen molar-refractivity contribution in [1.29, 1.82) is 0 Å². The summed E-state index contributed by atoms with van der Waals surface area (Å²) in [6.45, 7) is 0.671. The summed E-state index contributed by atoms with van der Waals surface area (Å²) < 4.78 is 38.9. The summed E-state index contributed by atoms with van der Waals surface area (Å²) in [7, 11) is 0. The van der Waals surface area contributed by atoms with Crippen molar-refractivity contribution in [3.63, 3.8) is 0 Å². The molecule has 0 spiro atoms. The number of piperidine rings is 1. The number of rotatable bonds is 3. The highest BCUT2D eigenvalue weighted by Crippen LogP contribution is 2.35. The van der Waals surface area contributed by atoms with Gasteiger partial charge in [-0.1, -0.05) is 6.07 Å². The van der Waals surface area contributed by atoms with Crippen molar-refractivity contribution in [3.8, 4) is 0 Å². The van der Waals surface area contributed by atoms with E-state index in [9.17, 15) is 18.3 Å². The van der Waals surface area contributed by atoms with Crippen LogP contribution in [0, 0.1) is 5.92 Å². The Morgan fingerprint density at radius 3 is 2.60 bits per heavy atom. The van der Waals surface area contributed by atoms with Crippen LogP contribution in [0.25, 0.3) is 0 Å². The maximum atomic E-state index is 13.0. The average molecular weight is 289 g/mol. The Morgan fingerprint density at radius 2 is 2.00 bits per heavy atom. The molecule has 6 heteroatoms. The van der Waals surface area contributed by atoms with E-state index in [1.54, 1.807) is 6.07 Å². The van der Waals surface area contributed by atoms with Crippen LogP contribution in [0.2, 0.25) is 0 Å². The smallest absolute Gasteiger partial charge is 0.396 e. The molecule has 0 aliphatic carbocycles. The van der Waals surface area contributed by atoms with Crippen molar-refractivity contribution in [2.24, 2.45) is 5.92 Å². The Labute approximate surface area is 115 Å². The third kappa shape index (κ3) is 3.24. The topological polar surface area (TPSA) is 43.7 Å². The molecule has 1 heterocycles. The lowest BCUT2D eigenvalue weighted by molar-refractivity contribution is -0.138. The highest BCUT2D eigenvalue weighted by atomic mass is 19.4. The Bertz CT molecular complexity index is 462. The molecule has 0 saturated carbocycles. The van der Waals surface area contributed by atoms with Crippen LogP contribution < -0.4 is 4.90 Å². The summed E-state index contributed by atoms with van der Waals surface area (Å²) >= 11 is 0. The largest absolute Gasteiger partial charge is 0.416 e. The van der Waals surface area contributed by atoms with Crippen LogP contribution in [0.1, 0.15) is 24.0 Å². The molecule has 1 aliphatic rings. The summed E-state index contributed by atoms with van der Waals surface area (Å²) in [4.78, 5) is 1.86. The van der Waals surface area contributed by atoms with Crippen LogP contribution in [0.15, 0.2) is 18.2 Å². The maximum Gasteiger partial charge on any atom is 0.416 e. The van der Waals surface area contributed by atoms with Gasteiger partial charge in [-0.2, -0.15) is 13.2 Å². The van der Waals surface area contributed by atoms with Crippen molar-refractivity contribution in [1.82, 2.24) is 0 Å². The molecule has 2 N–H and O–H groups in total. The monoisotopic (exact) mass is 289 g/mol. The third-order valence-corrected chi connectivity index (χ3v) is 3.71. The van der Waals surface area contributed by atoms with Crippen molar-refractivity contribution >= 4 is 5.69 Å². The van der Waals surface area contributed by atoms with Crippen LogP contribution in [0.4, 0.5) is 18.9 Å². The van der Waals surface area contributed by atoms with Gasteiger partial charge >= 0.3 is 6.18 Å². The number of halogens is 3. The predicted molar refractivity (Wildman–Crippen MR) is 69.4 cm³/mol. The lowest BCUT2D eigenvalue weighted by Gasteiger charge is -2.34. The summed E-state index contributed by atoms with van der Waals surface area (Å²) in [6, 6.07) is 4.01. The van der Waals surface area contributed by atoms with Gasteiger partial charge in [0.1, 0.15) is 0 Å². The minimum absolute atomic E-state index is 0.0529. The number of aliphatic hydroxyl groups is 2. The van der Waals surface area contributed by atoms with Crippen LogP contribution in [0.5, 0.6) is 0 Å². The molecular weight excluding hydrogens is 271 g/mol. The number of benzene rings is 1. The highest BCUT2D eigenvalue weighted by molar-refractivity contribution is 5.52. The van der Waals surface area contributed by atoms with Gasteiger partial charge in [0.15, 0.2) is 0 Å². The molecule has 0 amide bonds. The second kappa shape index (κ2) is 6.01. The standard InChI is InChI=1S/C14H18F3NO2/c15-14(16,17)13-6-12(4-3-11(13)9-20)18-5-1-2-10(7-18)8-19/h3-4,6,10,19-20H,1-2,5,7-9H2. The highest BCUT2D eigenvalue weighted by Gasteiger charge is 2.34. The normalized spacial score (nSPS) is 20.2. The van der Waals surface area contributed by atoms with Gasteiger partial charge in [0.2, 0.25) is 0 Å². The van der Waals surface area contributed by atoms with E-state index in [1.165, 1.54) is 6.07 Å². The molecular formula is C14H18F3NO2. The molecule has 0 aromatic heterocycles. The molecule has 1 aromatic carbocycles. The van der Waals surface area contributed by atoms with Gasteiger partial charge in [-0.3, -0.25) is 0 Å². The zero-order valence-electron chi connectivity index (χ0n) is 11.0. The number of alkyl halides is 3. The molecule has 0 bridgehead atoms. The number of hydrogen-bond donors (Lipinski definition) is 2. The summed E-state index contributed by atoms with van der Waals surface area (Å²) in [5, 5.41) is 18.2. The van der Waals surface area contributed by atoms with E-state index in [-0.39, 0.29) is 18.1 Å². The third-order valence-electron chi connectivity index (χ3n) is 3.71. The van der Waals surface area contributed by atoms with Gasteiger partial charge in [0, 0.05) is 25.4 Å². The minimum Gasteiger partial charge on any atom is -0.396 e. The number of hydrogen-bond acceptors (Lipinski definition) is 3. The van der Waals surface area contributed by atoms with Crippen LogP contribution in [-0.4, -0.2) is 29.9 Å². The van der Waals surface area contributed by atoms with Crippen molar-refractivity contribution in [2.75, 3.05) is 24.6 Å². The van der Waals surface area contributed by atoms with Crippen LogP contribution in [-0.2, 0) is 12.8 Å². The summed E-state index contributed by atoms with van der Waals surface area (Å²) in [5.74, 6) is 0.107. The van der Waals surface area contributed by atoms with E-state index < -0.39 is 18.3 Å². The molecule has 3 nitrogen and oxygen atoms in total. The maximum absolute atomic E-state index is 13.0. The van der Waals surface area contributed by atoms with Gasteiger partial charge in [-0.15, -0.1) is 0 Å². The lowest BCUT2D eigenvalue weighted by Crippen LogP contribution is -2.36. The van der Waals surface area contributed by atoms with E-state index in [0.717, 1.165) is 18.9 Å².